The monoisotopic (exact) mass is 1350 g/mol. The molecule has 100 heavy (non-hydrogen) atoms. The third-order valence-electron chi connectivity index (χ3n) is 18.4. The molecule has 10 heterocycles. The molecule has 4 aromatic carbocycles. The van der Waals surface area contributed by atoms with Crippen LogP contribution >= 0.6 is 0 Å². The summed E-state index contributed by atoms with van der Waals surface area (Å²) in [5.74, 6) is 10.8. The zero-order valence-corrected chi connectivity index (χ0v) is 56.9. The Kier molecular flexibility index (Phi) is 21.0. The van der Waals surface area contributed by atoms with Crippen LogP contribution in [-0.4, -0.2) is 183 Å². The van der Waals surface area contributed by atoms with Crippen LogP contribution in [0.2, 0.25) is 0 Å². The van der Waals surface area contributed by atoms with E-state index in [0.717, 1.165) is 181 Å². The van der Waals surface area contributed by atoms with Gasteiger partial charge in [0.2, 0.25) is 11.9 Å². The van der Waals surface area contributed by atoms with Gasteiger partial charge in [0.15, 0.2) is 34.5 Å². The number of benzene rings is 4. The first kappa shape index (κ1) is 66.7. The van der Waals surface area contributed by atoms with E-state index in [1.165, 1.54) is 25.7 Å². The van der Waals surface area contributed by atoms with Crippen molar-refractivity contribution in [3.63, 3.8) is 0 Å². The highest BCUT2D eigenvalue weighted by Crippen LogP contribution is 2.39. The molecular formula is C74H79N19O7. The van der Waals surface area contributed by atoms with Gasteiger partial charge in [0.05, 0.1) is 96.2 Å². The van der Waals surface area contributed by atoms with Crippen LogP contribution in [0.15, 0.2) is 153 Å². The fourth-order valence-electron chi connectivity index (χ4n) is 12.9. The van der Waals surface area contributed by atoms with Gasteiger partial charge in [-0.3, -0.25) is 4.98 Å². The van der Waals surface area contributed by atoms with E-state index in [9.17, 15) is 0 Å². The van der Waals surface area contributed by atoms with Crippen LogP contribution in [0.25, 0.3) is 43.7 Å². The molecule has 4 aliphatic rings. The molecule has 3 saturated heterocycles. The molecule has 1 aliphatic carbocycles. The molecule has 3 aliphatic heterocycles. The number of piperazine rings is 3. The number of fused-ring (bicyclic) bond motifs is 3. The van der Waals surface area contributed by atoms with Crippen LogP contribution in [0, 0.1) is 17.2 Å². The molecule has 1 N–H and O–H groups in total. The molecule has 0 bridgehead atoms. The highest BCUT2D eigenvalue weighted by atomic mass is 16.5. The van der Waals surface area contributed by atoms with Crippen molar-refractivity contribution in [3.8, 4) is 57.4 Å². The first-order chi connectivity index (χ1) is 49.2. The SMILES string of the molecule is COc1cc2ccnc(N3CCN(c4ccc(OCC5CCCC5)cn4)CC3)c2cc1OC.COc1cc2ncnc(N3CCN(c4ncc(-c5ccc(C#N)cc5)cn4)CC3)c2cc1OC.COc1cc2ncnc(N3CCN(c4ncc(Nc5ccncc5)cn4)CC3)c2cc1OC. The van der Waals surface area contributed by atoms with E-state index in [0.29, 0.717) is 46.4 Å². The van der Waals surface area contributed by atoms with Crippen molar-refractivity contribution in [2.24, 2.45) is 5.92 Å². The number of anilines is 8. The Morgan fingerprint density at radius 2 is 0.890 bits per heavy atom. The molecule has 4 fully saturated rings. The lowest BCUT2D eigenvalue weighted by atomic mass is 10.1. The van der Waals surface area contributed by atoms with Crippen molar-refractivity contribution < 1.29 is 33.2 Å². The van der Waals surface area contributed by atoms with E-state index in [1.54, 1.807) is 92.2 Å². The Morgan fingerprint density at radius 3 is 1.39 bits per heavy atom. The largest absolute Gasteiger partial charge is 0.493 e. The van der Waals surface area contributed by atoms with Crippen LogP contribution in [0.5, 0.6) is 40.2 Å². The van der Waals surface area contributed by atoms with E-state index >= 15 is 0 Å². The summed E-state index contributed by atoms with van der Waals surface area (Å²) in [5.41, 5.74) is 5.95. The molecule has 11 aromatic rings. The topological polar surface area (TPSA) is 262 Å². The van der Waals surface area contributed by atoms with Crippen LogP contribution < -0.4 is 67.9 Å². The number of methoxy groups -OCH3 is 6. The van der Waals surface area contributed by atoms with Crippen LogP contribution in [-0.2, 0) is 0 Å². The maximum absolute atomic E-state index is 8.97. The third-order valence-corrected chi connectivity index (χ3v) is 18.4. The molecule has 7 aromatic heterocycles. The predicted octanol–water partition coefficient (Wildman–Crippen LogP) is 10.7. The zero-order valence-electron chi connectivity index (χ0n) is 56.9. The van der Waals surface area contributed by atoms with Crippen molar-refractivity contribution in [2.75, 3.05) is 163 Å². The van der Waals surface area contributed by atoms with Gasteiger partial charge in [-0.05, 0) is 96.4 Å². The van der Waals surface area contributed by atoms with Crippen LogP contribution in [0.3, 0.4) is 0 Å². The van der Waals surface area contributed by atoms with Crippen molar-refractivity contribution in [3.05, 3.63) is 159 Å². The summed E-state index contributed by atoms with van der Waals surface area (Å²) in [5, 5.41) is 16.3. The third kappa shape index (κ3) is 15.3. The number of nitrogens with zero attached hydrogens (tertiary/aromatic N) is 18. The maximum Gasteiger partial charge on any atom is 0.225 e. The van der Waals surface area contributed by atoms with E-state index in [2.05, 4.69) is 103 Å². The summed E-state index contributed by atoms with van der Waals surface area (Å²) in [6, 6.07) is 31.1. The van der Waals surface area contributed by atoms with Gasteiger partial charge < -0.3 is 67.9 Å². The first-order valence-electron chi connectivity index (χ1n) is 33.3. The molecule has 0 atom stereocenters. The van der Waals surface area contributed by atoms with Gasteiger partial charge in [0.1, 0.15) is 41.7 Å². The molecule has 26 nitrogen and oxygen atoms in total. The van der Waals surface area contributed by atoms with Gasteiger partial charge >= 0.3 is 0 Å². The molecule has 15 rings (SSSR count). The molecule has 26 heteroatoms. The minimum atomic E-state index is 0.633. The standard InChI is InChI=1S/C26H32N4O3.C25H23N7O2.C23H24N8O2/c1-31-23-15-20-9-10-27-26(22(20)16-24(23)32-2)30-13-11-29(12-14-30)25-8-7-21(17-28-25)33-18-19-5-3-4-6-19;1-33-22-11-20-21(12-23(22)34-2)29-16-30-24(20)31-7-9-32(10-8-31)25-27-14-19(15-28-25)18-5-3-17(13-26)4-6-18;1-32-20-11-18-19(12-21(20)33-2)27-15-28-22(18)30-7-9-31(10-8-30)23-25-13-17(14-26-23)29-16-3-5-24-6-4-16/h7-10,15-17,19H,3-6,11-14,18H2,1-2H3;3-6,11-12,14-16H,7-10H2,1-2H3;3-6,11-15H,7-10H2,1-2H3,(H,24,29). The summed E-state index contributed by atoms with van der Waals surface area (Å²) in [7, 11) is 9.81. The van der Waals surface area contributed by atoms with E-state index in [1.807, 2.05) is 91.5 Å². The summed E-state index contributed by atoms with van der Waals surface area (Å²) in [6.45, 7) is 10.6. The van der Waals surface area contributed by atoms with Gasteiger partial charge in [0, 0.05) is 149 Å². The molecule has 0 unspecified atom stereocenters. The predicted molar refractivity (Wildman–Crippen MR) is 387 cm³/mol. The Labute approximate surface area is 580 Å². The van der Waals surface area contributed by atoms with E-state index in [4.69, 9.17) is 43.4 Å². The Morgan fingerprint density at radius 1 is 0.420 bits per heavy atom. The minimum Gasteiger partial charge on any atom is -0.493 e. The molecule has 0 amide bonds. The summed E-state index contributed by atoms with van der Waals surface area (Å²) in [4.78, 5) is 63.1. The Bertz CT molecular complexity index is 4570. The number of hydrogen-bond acceptors (Lipinski definition) is 26. The number of nitrogens with one attached hydrogen (secondary N) is 1. The number of hydrogen-bond donors (Lipinski definition) is 1. The van der Waals surface area contributed by atoms with Crippen molar-refractivity contribution in [2.45, 2.75) is 25.7 Å². The molecule has 0 spiro atoms. The van der Waals surface area contributed by atoms with Gasteiger partial charge in [0.25, 0.3) is 0 Å². The molecule has 512 valence electrons. The maximum atomic E-state index is 8.97. The number of ether oxygens (including phenoxy) is 7. The van der Waals surface area contributed by atoms with Crippen LogP contribution in [0.1, 0.15) is 31.2 Å². The van der Waals surface area contributed by atoms with Crippen molar-refractivity contribution in [1.82, 2.24) is 54.8 Å². The molecule has 0 radical (unpaired) electrons. The fourth-order valence-corrected chi connectivity index (χ4v) is 12.9. The quantitative estimate of drug-likeness (QED) is 0.0837. The van der Waals surface area contributed by atoms with Crippen molar-refractivity contribution >= 4 is 79.1 Å². The normalized spacial score (nSPS) is 14.7. The highest BCUT2D eigenvalue weighted by Gasteiger charge is 2.27. The number of nitriles is 1. The average Bonchev–Trinajstić information content (AvgIpc) is 0.849. The first-order valence-corrected chi connectivity index (χ1v) is 33.3. The van der Waals surface area contributed by atoms with Gasteiger partial charge in [-0.15, -0.1) is 0 Å². The second kappa shape index (κ2) is 31.5. The number of rotatable bonds is 18. The Hall–Kier alpha value is -11.9. The summed E-state index contributed by atoms with van der Waals surface area (Å²) < 4.78 is 38.7. The molecule has 1 saturated carbocycles. The van der Waals surface area contributed by atoms with E-state index < -0.39 is 0 Å². The van der Waals surface area contributed by atoms with Gasteiger partial charge in [-0.25, -0.2) is 49.8 Å². The van der Waals surface area contributed by atoms with Crippen molar-refractivity contribution in [1.29, 1.82) is 5.26 Å². The number of aromatic nitrogens is 11. The smallest absolute Gasteiger partial charge is 0.225 e. The average molecular weight is 1350 g/mol. The fraction of sp³-hybridized carbons (Fsp3) is 0.324. The lowest BCUT2D eigenvalue weighted by molar-refractivity contribution is 0.251. The molecular weight excluding hydrogens is 1270 g/mol. The lowest BCUT2D eigenvalue weighted by Gasteiger charge is -2.36. The van der Waals surface area contributed by atoms with Crippen LogP contribution in [0.4, 0.5) is 46.5 Å². The van der Waals surface area contributed by atoms with Gasteiger partial charge in [-0.2, -0.15) is 5.26 Å². The Balaban J connectivity index is 0.000000134. The van der Waals surface area contributed by atoms with E-state index in [-0.39, 0.29) is 0 Å². The zero-order chi connectivity index (χ0) is 68.7. The second-order valence-corrected chi connectivity index (χ2v) is 24.2. The lowest BCUT2D eigenvalue weighted by Crippen LogP contribution is -2.47. The second-order valence-electron chi connectivity index (χ2n) is 24.2. The minimum absolute atomic E-state index is 0.633. The van der Waals surface area contributed by atoms with Gasteiger partial charge in [-0.1, -0.05) is 25.0 Å². The highest BCUT2D eigenvalue weighted by molar-refractivity contribution is 5.95. The summed E-state index contributed by atoms with van der Waals surface area (Å²) >= 11 is 0. The summed E-state index contributed by atoms with van der Waals surface area (Å²) in [6.07, 6.45) is 22.9. The number of pyridine rings is 3.